The first-order valence-electron chi connectivity index (χ1n) is 24.1. The number of rotatable bonds is 18. The summed E-state index contributed by atoms with van der Waals surface area (Å²) < 4.78 is 30.7. The van der Waals surface area contributed by atoms with Crippen LogP contribution in [0.3, 0.4) is 0 Å². The summed E-state index contributed by atoms with van der Waals surface area (Å²) in [7, 11) is 4.66. The number of anilines is 11. The van der Waals surface area contributed by atoms with E-state index in [9.17, 15) is 10.1 Å². The topological polar surface area (TPSA) is 363 Å². The van der Waals surface area contributed by atoms with Crippen molar-refractivity contribution in [2.45, 2.75) is 0 Å². The Morgan fingerprint density at radius 2 is 0.988 bits per heavy atom. The summed E-state index contributed by atoms with van der Waals surface area (Å²) in [5.41, 5.74) is 26.9. The zero-order valence-corrected chi connectivity index (χ0v) is 46.6. The van der Waals surface area contributed by atoms with Crippen molar-refractivity contribution in [3.63, 3.8) is 0 Å². The van der Waals surface area contributed by atoms with Crippen LogP contribution >= 0.6 is 31.9 Å². The van der Waals surface area contributed by atoms with E-state index >= 15 is 0 Å². The number of non-ortho nitro benzene ring substituents is 1. The Kier molecular flexibility index (Phi) is 21.4. The maximum Gasteiger partial charge on any atom is 0.271 e. The van der Waals surface area contributed by atoms with Gasteiger partial charge in [0.15, 0.2) is 17.5 Å². The minimum atomic E-state index is -0.501. The van der Waals surface area contributed by atoms with E-state index in [1.807, 2.05) is 48.5 Å². The largest absolute Gasteiger partial charge is 0.495 e. The van der Waals surface area contributed by atoms with Crippen molar-refractivity contribution in [1.29, 1.82) is 0 Å². The molecule has 418 valence electrons. The second-order valence-corrected chi connectivity index (χ2v) is 17.7. The molecule has 1 saturated heterocycles. The molecule has 80 heavy (non-hydrogen) atoms. The van der Waals surface area contributed by atoms with Crippen LogP contribution in [-0.2, 0) is 9.47 Å². The zero-order valence-electron chi connectivity index (χ0n) is 43.5. The third-order valence-corrected chi connectivity index (χ3v) is 11.5. The minimum Gasteiger partial charge on any atom is -0.495 e. The van der Waals surface area contributed by atoms with Crippen molar-refractivity contribution in [3.8, 4) is 34.7 Å². The van der Waals surface area contributed by atoms with Crippen LogP contribution in [0, 0.1) is 10.1 Å². The van der Waals surface area contributed by atoms with Gasteiger partial charge in [-0.1, -0.05) is 50.1 Å². The average molecular weight is 1220 g/mol. The number of morpholine rings is 1. The molecule has 0 unspecified atom stereocenters. The molecule has 0 saturated carbocycles. The lowest BCUT2D eigenvalue weighted by Gasteiger charge is -2.29. The molecule has 6 aromatic heterocycles. The molecular weight excluding hydrogens is 1170 g/mol. The van der Waals surface area contributed by atoms with Crippen molar-refractivity contribution in [1.82, 2.24) is 59.2 Å². The van der Waals surface area contributed by atoms with Gasteiger partial charge in [0.05, 0.1) is 69.7 Å². The number of nitrogens with two attached hydrogens (primary N) is 4. The summed E-state index contributed by atoms with van der Waals surface area (Å²) >= 11 is 6.48. The Morgan fingerprint density at radius 1 is 0.575 bits per heavy atom. The number of aromatic nitrogens is 12. The number of nitro benzene ring substituents is 1. The maximum absolute atomic E-state index is 10.9. The maximum atomic E-state index is 10.9. The van der Waals surface area contributed by atoms with E-state index in [1.54, 1.807) is 75.3 Å². The minimum absolute atomic E-state index is 0.0876. The van der Waals surface area contributed by atoms with E-state index in [-0.39, 0.29) is 29.5 Å². The third-order valence-electron chi connectivity index (χ3n) is 10.9. The first-order valence-corrected chi connectivity index (χ1v) is 26.3. The normalized spacial score (nSPS) is 11.6. The molecule has 10 rings (SSSR count). The van der Waals surface area contributed by atoms with Gasteiger partial charge in [-0.3, -0.25) is 10.1 Å². The van der Waals surface area contributed by atoms with Crippen molar-refractivity contribution in [3.05, 3.63) is 138 Å². The molecule has 0 bridgehead atoms. The number of benzene rings is 3. The first-order chi connectivity index (χ1) is 38.9. The van der Waals surface area contributed by atoms with Gasteiger partial charge in [-0.05, 0) is 78.9 Å². The van der Waals surface area contributed by atoms with Gasteiger partial charge in [-0.25, -0.2) is 15.0 Å². The van der Waals surface area contributed by atoms with Crippen LogP contribution in [0.15, 0.2) is 128 Å². The highest BCUT2D eigenvalue weighted by Gasteiger charge is 2.18. The molecule has 0 spiro atoms. The molecule has 11 N–H and O–H groups in total. The number of halogens is 2. The van der Waals surface area contributed by atoms with Crippen molar-refractivity contribution < 1.29 is 28.6 Å². The third kappa shape index (κ3) is 16.1. The quantitative estimate of drug-likeness (QED) is 0.0148. The monoisotopic (exact) mass is 1220 g/mol. The SMILES string of the molecule is BrCCOCCBr.COc1ccc(N)cc1Nc1nc(N)n(-c2ccccn2)n1.COc1ccc(N2CCOCC2)cc1Nc1nc(N)n(-c2ccccn2)n1.COc1ccc([N+](=O)[O-])cc1Nc1nc(N)n(-c2ccccn2)n1. The van der Waals surface area contributed by atoms with Crippen molar-refractivity contribution >= 4 is 102 Å². The fraction of sp³-hybridized carbons (Fsp3) is 0.220. The lowest BCUT2D eigenvalue weighted by atomic mass is 10.2. The van der Waals surface area contributed by atoms with Crippen LogP contribution in [0.4, 0.5) is 69.8 Å². The molecule has 28 nitrogen and oxygen atoms in total. The van der Waals surface area contributed by atoms with Crippen LogP contribution in [0.1, 0.15) is 0 Å². The molecule has 1 fully saturated rings. The van der Waals surface area contributed by atoms with Crippen molar-refractivity contribution in [2.24, 2.45) is 0 Å². The number of nitro groups is 1. The van der Waals surface area contributed by atoms with E-state index in [4.69, 9.17) is 46.6 Å². The van der Waals surface area contributed by atoms with Crippen molar-refractivity contribution in [2.75, 3.05) is 115 Å². The molecular formula is C50H57Br2N21O7. The molecule has 1 aliphatic heterocycles. The molecule has 1 aliphatic rings. The number of ether oxygens (including phenoxy) is 5. The summed E-state index contributed by atoms with van der Waals surface area (Å²) in [5.74, 6) is 4.88. The van der Waals surface area contributed by atoms with E-state index in [2.05, 4.69) is 97.9 Å². The van der Waals surface area contributed by atoms with Crippen LogP contribution in [0.25, 0.3) is 17.5 Å². The summed E-state index contributed by atoms with van der Waals surface area (Å²) in [4.78, 5) is 37.8. The number of hydrogen-bond acceptors (Lipinski definition) is 24. The van der Waals surface area contributed by atoms with Crippen LogP contribution in [0.5, 0.6) is 17.2 Å². The van der Waals surface area contributed by atoms with Crippen LogP contribution < -0.4 is 58.0 Å². The average Bonchev–Trinajstić information content (AvgIpc) is 4.21. The lowest BCUT2D eigenvalue weighted by Crippen LogP contribution is -2.36. The molecule has 0 atom stereocenters. The molecule has 0 aliphatic carbocycles. The number of pyridine rings is 3. The molecule has 7 heterocycles. The summed E-state index contributed by atoms with van der Waals surface area (Å²) in [5, 5.41) is 34.8. The number of hydrogen-bond donors (Lipinski definition) is 7. The number of alkyl halides is 2. The number of nitrogen functional groups attached to an aromatic ring is 4. The van der Waals surface area contributed by atoms with Gasteiger partial charge in [-0.15, -0.1) is 15.3 Å². The van der Waals surface area contributed by atoms with Gasteiger partial charge in [-0.2, -0.15) is 29.0 Å². The van der Waals surface area contributed by atoms with Gasteiger partial charge in [0.25, 0.3) is 5.69 Å². The molecule has 0 amide bonds. The predicted octanol–water partition coefficient (Wildman–Crippen LogP) is 7.11. The van der Waals surface area contributed by atoms with Gasteiger partial charge >= 0.3 is 0 Å². The summed E-state index contributed by atoms with van der Waals surface area (Å²) in [6, 6.07) is 31.6. The highest BCUT2D eigenvalue weighted by atomic mass is 79.9. The van der Waals surface area contributed by atoms with Gasteiger partial charge in [0.1, 0.15) is 17.2 Å². The highest BCUT2D eigenvalue weighted by molar-refractivity contribution is 9.09. The van der Waals surface area contributed by atoms with E-state index < -0.39 is 4.92 Å². The Labute approximate surface area is 475 Å². The number of nitrogens with zero attached hydrogens (tertiary/aromatic N) is 14. The second kappa shape index (κ2) is 29.4. The highest BCUT2D eigenvalue weighted by Crippen LogP contribution is 2.34. The first kappa shape index (κ1) is 58.3. The second-order valence-electron chi connectivity index (χ2n) is 16.1. The molecule has 3 aromatic carbocycles. The van der Waals surface area contributed by atoms with Gasteiger partial charge in [0.2, 0.25) is 35.7 Å². The zero-order chi connectivity index (χ0) is 56.8. The van der Waals surface area contributed by atoms with Crippen LogP contribution in [-0.4, -0.2) is 136 Å². The number of methoxy groups -OCH3 is 3. The summed E-state index contributed by atoms with van der Waals surface area (Å²) in [6.07, 6.45) is 4.94. The Hall–Kier alpha value is -9.39. The lowest BCUT2D eigenvalue weighted by molar-refractivity contribution is -0.384. The predicted molar refractivity (Wildman–Crippen MR) is 312 cm³/mol. The Balaban J connectivity index is 0.000000164. The fourth-order valence-corrected chi connectivity index (χ4v) is 7.65. The van der Waals surface area contributed by atoms with E-state index in [1.165, 1.54) is 39.4 Å². The smallest absolute Gasteiger partial charge is 0.271 e. The van der Waals surface area contributed by atoms with Gasteiger partial charge in [0, 0.05) is 65.8 Å². The summed E-state index contributed by atoms with van der Waals surface area (Å²) in [6.45, 7) is 4.77. The van der Waals surface area contributed by atoms with E-state index in [0.717, 1.165) is 61.6 Å². The molecule has 9 aromatic rings. The van der Waals surface area contributed by atoms with E-state index in [0.29, 0.717) is 63.7 Å². The molecule has 30 heteroatoms. The van der Waals surface area contributed by atoms with Gasteiger partial charge < -0.3 is 67.5 Å². The Morgan fingerprint density at radius 3 is 1.39 bits per heavy atom. The van der Waals surface area contributed by atoms with Crippen LogP contribution in [0.2, 0.25) is 0 Å². The molecule has 0 radical (unpaired) electrons. The fourth-order valence-electron chi connectivity index (χ4n) is 7.19. The number of nitrogens with one attached hydrogen (secondary N) is 3. The standard InChI is InChI=1S/C18H21N7O2.C14H13N7O3.C14H15N7O.C4H8Br2O/c1-26-15-6-5-13(24-8-10-27-11-9-24)12-14(15)21-18-22-17(19)25(23-18)16-4-2-3-7-20-16;1-24-11-6-5-9(21(22)23)8-10(11)17-14-18-13(15)20(19-14)12-4-2-3-7-16-12;1-22-11-6-5-9(15)8-10(11)18-14-19-13(16)21(20-14)12-4-2-3-7-17-12;5-1-3-7-4-2-6/h2-7,12H,8-11H2,1H3,(H3,19,21,22,23);2-8H,1H3,(H3,15,17,18,19);2-8H,15H2,1H3,(H3,16,18,19,20);1-4H2. The Bertz CT molecular complexity index is 3370.